The van der Waals surface area contributed by atoms with Gasteiger partial charge in [-0.05, 0) is 36.8 Å². The second kappa shape index (κ2) is 10.9. The summed E-state index contributed by atoms with van der Waals surface area (Å²) in [6.07, 6.45) is 11.6. The van der Waals surface area contributed by atoms with Gasteiger partial charge in [0.1, 0.15) is 0 Å². The Bertz CT molecular complexity index is 345. The fourth-order valence-electron chi connectivity index (χ4n) is 2.80. The van der Waals surface area contributed by atoms with Gasteiger partial charge in [0, 0.05) is 6.61 Å². The summed E-state index contributed by atoms with van der Waals surface area (Å²) in [6.45, 7) is 4.75. The average molecular weight is 276 g/mol. The van der Waals surface area contributed by atoms with E-state index < -0.39 is 0 Å². The summed E-state index contributed by atoms with van der Waals surface area (Å²) >= 11 is 0. The molecule has 0 saturated carbocycles. The van der Waals surface area contributed by atoms with Crippen LogP contribution in [-0.4, -0.2) is 11.7 Å². The fourth-order valence-corrected chi connectivity index (χ4v) is 2.80. The van der Waals surface area contributed by atoms with Crippen molar-refractivity contribution in [1.82, 2.24) is 0 Å². The van der Waals surface area contributed by atoms with Gasteiger partial charge in [-0.15, -0.1) is 0 Å². The van der Waals surface area contributed by atoms with Crippen molar-refractivity contribution in [3.8, 4) is 0 Å². The predicted molar refractivity (Wildman–Crippen MR) is 88.1 cm³/mol. The first kappa shape index (κ1) is 17.2. The molecular formula is C19H32O. The van der Waals surface area contributed by atoms with Crippen LogP contribution in [0.1, 0.15) is 69.4 Å². The van der Waals surface area contributed by atoms with Crippen molar-refractivity contribution < 1.29 is 5.11 Å². The predicted octanol–water partition coefficient (Wildman–Crippen LogP) is 5.29. The van der Waals surface area contributed by atoms with Crippen molar-refractivity contribution in [2.24, 2.45) is 5.92 Å². The van der Waals surface area contributed by atoms with Gasteiger partial charge < -0.3 is 5.11 Å². The molecule has 0 aliphatic carbocycles. The highest BCUT2D eigenvalue weighted by molar-refractivity contribution is 5.25. The van der Waals surface area contributed by atoms with Crippen molar-refractivity contribution in [3.05, 3.63) is 35.4 Å². The van der Waals surface area contributed by atoms with E-state index in [9.17, 15) is 5.11 Å². The molecule has 0 bridgehead atoms. The zero-order chi connectivity index (χ0) is 14.6. The second-order valence-corrected chi connectivity index (χ2v) is 6.09. The van der Waals surface area contributed by atoms with Crippen LogP contribution in [-0.2, 0) is 6.42 Å². The van der Waals surface area contributed by atoms with Crippen LogP contribution in [0.25, 0.3) is 0 Å². The molecule has 1 N–H and O–H groups in total. The monoisotopic (exact) mass is 276 g/mol. The fraction of sp³-hybridized carbons (Fsp3) is 0.684. The molecule has 1 nitrogen and oxygen atoms in total. The zero-order valence-electron chi connectivity index (χ0n) is 13.4. The first-order valence-electron chi connectivity index (χ1n) is 8.43. The molecule has 0 aromatic heterocycles. The highest BCUT2D eigenvalue weighted by atomic mass is 16.3. The van der Waals surface area contributed by atoms with E-state index in [1.807, 2.05) is 0 Å². The molecule has 0 fully saturated rings. The third-order valence-corrected chi connectivity index (χ3v) is 4.24. The number of rotatable bonds is 11. The average Bonchev–Trinajstić information content (AvgIpc) is 2.47. The molecule has 0 amide bonds. The lowest BCUT2D eigenvalue weighted by atomic mass is 9.92. The lowest BCUT2D eigenvalue weighted by molar-refractivity contribution is 0.214. The third-order valence-electron chi connectivity index (χ3n) is 4.24. The summed E-state index contributed by atoms with van der Waals surface area (Å²) in [5.74, 6) is 0.437. The normalized spacial score (nSPS) is 12.6. The van der Waals surface area contributed by atoms with Crippen molar-refractivity contribution in [2.45, 2.75) is 71.6 Å². The quantitative estimate of drug-likeness (QED) is 0.545. The van der Waals surface area contributed by atoms with E-state index >= 15 is 0 Å². The molecule has 0 radical (unpaired) electrons. The molecule has 20 heavy (non-hydrogen) atoms. The smallest absolute Gasteiger partial charge is 0.0462 e. The van der Waals surface area contributed by atoms with Gasteiger partial charge in [-0.1, -0.05) is 76.1 Å². The first-order chi connectivity index (χ1) is 9.77. The minimum Gasteiger partial charge on any atom is -0.396 e. The van der Waals surface area contributed by atoms with Gasteiger partial charge in [0.25, 0.3) is 0 Å². The van der Waals surface area contributed by atoms with Crippen LogP contribution in [0, 0.1) is 12.8 Å². The highest BCUT2D eigenvalue weighted by Gasteiger charge is 2.09. The summed E-state index contributed by atoms with van der Waals surface area (Å²) < 4.78 is 0. The van der Waals surface area contributed by atoms with Gasteiger partial charge >= 0.3 is 0 Å². The Morgan fingerprint density at radius 2 is 1.60 bits per heavy atom. The van der Waals surface area contributed by atoms with E-state index in [-0.39, 0.29) is 0 Å². The maximum atomic E-state index is 9.55. The largest absolute Gasteiger partial charge is 0.396 e. The van der Waals surface area contributed by atoms with Crippen LogP contribution in [0.15, 0.2) is 24.3 Å². The summed E-state index contributed by atoms with van der Waals surface area (Å²) in [5, 5.41) is 9.55. The summed E-state index contributed by atoms with van der Waals surface area (Å²) in [5.41, 5.74) is 2.75. The van der Waals surface area contributed by atoms with Crippen molar-refractivity contribution in [3.63, 3.8) is 0 Å². The number of aryl methyl sites for hydroxylation is 1. The number of hydrogen-bond donors (Lipinski definition) is 1. The van der Waals surface area contributed by atoms with Crippen LogP contribution in [0.2, 0.25) is 0 Å². The van der Waals surface area contributed by atoms with Gasteiger partial charge in [0.2, 0.25) is 0 Å². The molecule has 0 aliphatic rings. The summed E-state index contributed by atoms with van der Waals surface area (Å²) in [7, 11) is 0. The van der Waals surface area contributed by atoms with Gasteiger partial charge in [-0.3, -0.25) is 0 Å². The molecule has 0 spiro atoms. The molecule has 114 valence electrons. The van der Waals surface area contributed by atoms with Crippen molar-refractivity contribution in [1.29, 1.82) is 0 Å². The standard InChI is InChI=1S/C19H32O/c1-3-4-5-6-7-8-9-13-18(16-20)15-19-14-11-10-12-17(19)2/h10-12,14,18,20H,3-9,13,15-16H2,1-2H3. The van der Waals surface area contributed by atoms with Crippen molar-refractivity contribution in [2.75, 3.05) is 6.61 Å². The van der Waals surface area contributed by atoms with Crippen LogP contribution >= 0.6 is 0 Å². The molecule has 1 atom stereocenters. The Morgan fingerprint density at radius 3 is 2.25 bits per heavy atom. The minimum absolute atomic E-state index is 0.324. The SMILES string of the molecule is CCCCCCCCCC(CO)Cc1ccccc1C. The van der Waals surface area contributed by atoms with Gasteiger partial charge in [0.05, 0.1) is 0 Å². The number of benzene rings is 1. The minimum atomic E-state index is 0.324. The van der Waals surface area contributed by atoms with Crippen LogP contribution in [0.3, 0.4) is 0 Å². The third kappa shape index (κ3) is 7.09. The van der Waals surface area contributed by atoms with E-state index in [0.717, 1.165) is 6.42 Å². The molecule has 1 rings (SSSR count). The summed E-state index contributed by atoms with van der Waals surface area (Å²) in [6, 6.07) is 8.55. The topological polar surface area (TPSA) is 20.2 Å². The van der Waals surface area contributed by atoms with Gasteiger partial charge in [0.15, 0.2) is 0 Å². The Hall–Kier alpha value is -0.820. The Morgan fingerprint density at radius 1 is 0.950 bits per heavy atom. The molecule has 1 unspecified atom stereocenters. The maximum absolute atomic E-state index is 9.55. The molecule has 1 aromatic carbocycles. The Kier molecular flexibility index (Phi) is 9.40. The lowest BCUT2D eigenvalue weighted by Crippen LogP contribution is -2.10. The Balaban J connectivity index is 2.18. The maximum Gasteiger partial charge on any atom is 0.0462 e. The number of hydrogen-bond acceptors (Lipinski definition) is 1. The molecular weight excluding hydrogens is 244 g/mol. The van der Waals surface area contributed by atoms with Gasteiger partial charge in [-0.2, -0.15) is 0 Å². The number of aliphatic hydroxyl groups excluding tert-OH is 1. The molecule has 0 heterocycles. The van der Waals surface area contributed by atoms with E-state index in [2.05, 4.69) is 38.1 Å². The van der Waals surface area contributed by atoms with Gasteiger partial charge in [-0.25, -0.2) is 0 Å². The molecule has 0 aliphatic heterocycles. The highest BCUT2D eigenvalue weighted by Crippen LogP contribution is 2.19. The van der Waals surface area contributed by atoms with Crippen LogP contribution < -0.4 is 0 Å². The van der Waals surface area contributed by atoms with E-state index in [0.29, 0.717) is 12.5 Å². The first-order valence-corrected chi connectivity index (χ1v) is 8.43. The lowest BCUT2D eigenvalue weighted by Gasteiger charge is -2.15. The molecule has 1 aromatic rings. The van der Waals surface area contributed by atoms with Crippen LogP contribution in [0.4, 0.5) is 0 Å². The van der Waals surface area contributed by atoms with E-state index in [1.54, 1.807) is 0 Å². The van der Waals surface area contributed by atoms with Crippen LogP contribution in [0.5, 0.6) is 0 Å². The second-order valence-electron chi connectivity index (χ2n) is 6.09. The summed E-state index contributed by atoms with van der Waals surface area (Å²) in [4.78, 5) is 0. The number of aliphatic hydroxyl groups is 1. The van der Waals surface area contributed by atoms with Crippen molar-refractivity contribution >= 4 is 0 Å². The zero-order valence-corrected chi connectivity index (χ0v) is 13.4. The Labute approximate surface area is 125 Å². The van der Waals surface area contributed by atoms with E-state index in [4.69, 9.17) is 0 Å². The molecule has 0 saturated heterocycles. The molecule has 1 heteroatoms. The number of unbranched alkanes of at least 4 members (excludes halogenated alkanes) is 6. The van der Waals surface area contributed by atoms with E-state index in [1.165, 1.54) is 62.5 Å².